The van der Waals surface area contributed by atoms with Gasteiger partial charge in [-0.25, -0.2) is 4.79 Å². The van der Waals surface area contributed by atoms with Crippen LogP contribution in [0.3, 0.4) is 0 Å². The van der Waals surface area contributed by atoms with Gasteiger partial charge in [0.05, 0.1) is 18.6 Å². The summed E-state index contributed by atoms with van der Waals surface area (Å²) < 4.78 is 10.4. The number of nitrogens with zero attached hydrogens (tertiary/aromatic N) is 1. The number of aliphatic hydroxyl groups is 1. The number of carbonyl (C=O) groups is 3. The molecule has 0 aromatic heterocycles. The fourth-order valence-electron chi connectivity index (χ4n) is 6.84. The lowest BCUT2D eigenvalue weighted by Crippen LogP contribution is -2.63. The molecule has 0 bridgehead atoms. The third-order valence-corrected chi connectivity index (χ3v) is 8.81. The zero-order valence-corrected chi connectivity index (χ0v) is 21.6. The second-order valence-corrected chi connectivity index (χ2v) is 10.7. The molecule has 3 aliphatic rings. The van der Waals surface area contributed by atoms with Crippen LogP contribution in [0.1, 0.15) is 52.9 Å². The van der Waals surface area contributed by atoms with Crippen LogP contribution in [0.2, 0.25) is 0 Å². The molecule has 3 rings (SSSR count). The van der Waals surface area contributed by atoms with Gasteiger partial charge in [-0.3, -0.25) is 9.59 Å². The smallest absolute Gasteiger partial charge is 0.330 e. The first kappa shape index (κ1) is 27.8. The van der Waals surface area contributed by atoms with E-state index in [0.717, 1.165) is 24.8 Å². The maximum atomic E-state index is 13.4. The standard InChI is InChI=1S/C25H39NO6.ClH/c1-15-16(13-21(29)32-12-11-26(4)5)7-8-17-22(15)18(27)14-19-24(17,2)10-9-20(28)25(19,3)23(30)31-6;/h13,15,17,19-20,22,28H,7-12,14H2,1-6H3;1H/b16-13-;/t15-,17-,19+,20-,22-,24+,25+;/m0./s1. The summed E-state index contributed by atoms with van der Waals surface area (Å²) in [5.41, 5.74) is -0.354. The van der Waals surface area contributed by atoms with Crippen molar-refractivity contribution in [2.24, 2.45) is 34.5 Å². The average molecular weight is 486 g/mol. The molecular formula is C25H40ClNO6. The number of ketones is 1. The monoisotopic (exact) mass is 485 g/mol. The van der Waals surface area contributed by atoms with E-state index >= 15 is 0 Å². The van der Waals surface area contributed by atoms with Crippen LogP contribution in [-0.2, 0) is 23.9 Å². The molecule has 3 aliphatic carbocycles. The molecule has 0 aromatic carbocycles. The molecule has 1 N–H and O–H groups in total. The van der Waals surface area contributed by atoms with Crippen molar-refractivity contribution in [1.82, 2.24) is 4.90 Å². The third kappa shape index (κ3) is 4.87. The number of halogens is 1. The van der Waals surface area contributed by atoms with Crippen LogP contribution in [0.5, 0.6) is 0 Å². The van der Waals surface area contributed by atoms with Gasteiger partial charge in [0, 0.05) is 25.0 Å². The second kappa shape index (κ2) is 10.4. The minimum Gasteiger partial charge on any atom is -0.469 e. The van der Waals surface area contributed by atoms with Gasteiger partial charge in [0.1, 0.15) is 12.4 Å². The summed E-state index contributed by atoms with van der Waals surface area (Å²) in [5.74, 6) is -1.02. The van der Waals surface area contributed by atoms with E-state index in [9.17, 15) is 19.5 Å². The number of allylic oxidation sites excluding steroid dienone is 1. The van der Waals surface area contributed by atoms with Crippen LogP contribution >= 0.6 is 12.4 Å². The third-order valence-electron chi connectivity index (χ3n) is 8.81. The minimum absolute atomic E-state index is 0. The van der Waals surface area contributed by atoms with Gasteiger partial charge in [-0.15, -0.1) is 12.4 Å². The van der Waals surface area contributed by atoms with Crippen molar-refractivity contribution in [2.75, 3.05) is 34.4 Å². The van der Waals surface area contributed by atoms with Crippen LogP contribution in [0, 0.1) is 34.5 Å². The Morgan fingerprint density at radius 2 is 1.91 bits per heavy atom. The molecule has 8 heteroatoms. The summed E-state index contributed by atoms with van der Waals surface area (Å²) in [4.78, 5) is 40.5. The topological polar surface area (TPSA) is 93.1 Å². The first-order chi connectivity index (χ1) is 15.0. The molecule has 3 saturated carbocycles. The number of Topliss-reactive ketones (excluding diaryl/α,β-unsaturated/α-hetero) is 1. The van der Waals surface area contributed by atoms with Gasteiger partial charge in [-0.2, -0.15) is 0 Å². The Morgan fingerprint density at radius 1 is 1.24 bits per heavy atom. The van der Waals surface area contributed by atoms with Gasteiger partial charge < -0.3 is 19.5 Å². The van der Waals surface area contributed by atoms with E-state index in [1.54, 1.807) is 13.0 Å². The first-order valence-corrected chi connectivity index (χ1v) is 11.8. The Balaban J connectivity index is 0.00000385. The second-order valence-electron chi connectivity index (χ2n) is 10.7. The molecule has 0 saturated heterocycles. The molecule has 0 unspecified atom stereocenters. The van der Waals surface area contributed by atoms with Crippen molar-refractivity contribution < 1.29 is 29.0 Å². The molecule has 0 heterocycles. The zero-order valence-electron chi connectivity index (χ0n) is 20.8. The Hall–Kier alpha value is -1.44. The molecule has 7 nitrogen and oxygen atoms in total. The van der Waals surface area contributed by atoms with Gasteiger partial charge in [0.25, 0.3) is 0 Å². The van der Waals surface area contributed by atoms with E-state index in [1.807, 2.05) is 25.9 Å². The summed E-state index contributed by atoms with van der Waals surface area (Å²) in [7, 11) is 5.19. The summed E-state index contributed by atoms with van der Waals surface area (Å²) in [6.07, 6.45) is 3.84. The molecular weight excluding hydrogens is 446 g/mol. The Labute approximate surface area is 203 Å². The molecule has 0 spiro atoms. The van der Waals surface area contributed by atoms with Crippen LogP contribution in [0.4, 0.5) is 0 Å². The minimum atomic E-state index is -1.09. The van der Waals surface area contributed by atoms with Gasteiger partial charge in [-0.05, 0) is 69.9 Å². The highest BCUT2D eigenvalue weighted by atomic mass is 35.5. The number of carbonyl (C=O) groups excluding carboxylic acids is 3. The predicted molar refractivity (Wildman–Crippen MR) is 127 cm³/mol. The fraction of sp³-hybridized carbons (Fsp3) is 0.800. The van der Waals surface area contributed by atoms with Crippen molar-refractivity contribution in [3.63, 3.8) is 0 Å². The molecule has 33 heavy (non-hydrogen) atoms. The number of methoxy groups -OCH3 is 1. The van der Waals surface area contributed by atoms with Crippen molar-refractivity contribution in [1.29, 1.82) is 0 Å². The van der Waals surface area contributed by atoms with Crippen molar-refractivity contribution >= 4 is 30.1 Å². The SMILES string of the molecule is COC(=O)[C@]1(C)[C@@H]2CC(=O)[C@H]3[C@@H](C)/C(=C\C(=O)OCCN(C)C)CC[C@@H]3[C@@]2(C)CC[C@@H]1O.Cl. The van der Waals surface area contributed by atoms with E-state index in [2.05, 4.69) is 6.92 Å². The molecule has 3 fully saturated rings. The highest BCUT2D eigenvalue weighted by Crippen LogP contribution is 2.64. The van der Waals surface area contributed by atoms with Crippen LogP contribution in [0.15, 0.2) is 11.6 Å². The molecule has 188 valence electrons. The van der Waals surface area contributed by atoms with E-state index in [1.165, 1.54) is 7.11 Å². The van der Waals surface area contributed by atoms with Crippen molar-refractivity contribution in [3.05, 3.63) is 11.6 Å². The zero-order chi connectivity index (χ0) is 23.8. The number of ether oxygens (including phenoxy) is 2. The number of fused-ring (bicyclic) bond motifs is 3. The number of rotatable bonds is 5. The van der Waals surface area contributed by atoms with Gasteiger partial charge in [0.15, 0.2) is 0 Å². The highest BCUT2D eigenvalue weighted by Gasteiger charge is 2.65. The maximum absolute atomic E-state index is 13.4. The Kier molecular flexibility index (Phi) is 8.80. The maximum Gasteiger partial charge on any atom is 0.330 e. The summed E-state index contributed by atoms with van der Waals surface area (Å²) in [6, 6.07) is 0. The predicted octanol–water partition coefficient (Wildman–Crippen LogP) is 3.03. The number of hydrogen-bond donors (Lipinski definition) is 1. The van der Waals surface area contributed by atoms with Gasteiger partial charge in [0.2, 0.25) is 0 Å². The molecule has 7 atom stereocenters. The van der Waals surface area contributed by atoms with Gasteiger partial charge >= 0.3 is 11.9 Å². The quantitative estimate of drug-likeness (QED) is 0.472. The summed E-state index contributed by atoms with van der Waals surface area (Å²) >= 11 is 0. The summed E-state index contributed by atoms with van der Waals surface area (Å²) in [5, 5.41) is 10.8. The van der Waals surface area contributed by atoms with E-state index in [4.69, 9.17) is 9.47 Å². The molecule has 0 aliphatic heterocycles. The lowest BCUT2D eigenvalue weighted by molar-refractivity contribution is -0.197. The largest absolute Gasteiger partial charge is 0.469 e. The van der Waals surface area contributed by atoms with Crippen LogP contribution in [0.25, 0.3) is 0 Å². The lowest BCUT2D eigenvalue weighted by atomic mass is 9.42. The van der Waals surface area contributed by atoms with Crippen LogP contribution < -0.4 is 0 Å². The van der Waals surface area contributed by atoms with Crippen molar-refractivity contribution in [2.45, 2.75) is 59.0 Å². The highest BCUT2D eigenvalue weighted by molar-refractivity contribution is 5.87. The first-order valence-electron chi connectivity index (χ1n) is 11.8. The Morgan fingerprint density at radius 3 is 2.52 bits per heavy atom. The lowest BCUT2D eigenvalue weighted by Gasteiger charge is -2.61. The molecule has 0 aromatic rings. The fourth-order valence-corrected chi connectivity index (χ4v) is 6.84. The number of hydrogen-bond acceptors (Lipinski definition) is 7. The Bertz CT molecular complexity index is 798. The van der Waals surface area contributed by atoms with Gasteiger partial charge in [-0.1, -0.05) is 19.4 Å². The summed E-state index contributed by atoms with van der Waals surface area (Å²) in [6.45, 7) is 6.99. The number of aliphatic hydroxyl groups excluding tert-OH is 1. The normalized spacial score (nSPS) is 39.3. The number of esters is 2. The van der Waals surface area contributed by atoms with E-state index in [0.29, 0.717) is 19.6 Å². The number of likely N-dealkylation sites (N-methyl/N-ethyl adjacent to an activating group) is 1. The van der Waals surface area contributed by atoms with Crippen molar-refractivity contribution in [3.8, 4) is 0 Å². The van der Waals surface area contributed by atoms with E-state index < -0.39 is 17.5 Å². The van der Waals surface area contributed by atoms with E-state index in [-0.39, 0.29) is 59.7 Å². The average Bonchev–Trinajstić information content (AvgIpc) is 2.73. The van der Waals surface area contributed by atoms with Crippen LogP contribution in [-0.4, -0.2) is 68.2 Å². The molecule has 0 amide bonds. The molecule has 0 radical (unpaired) electrons.